The summed E-state index contributed by atoms with van der Waals surface area (Å²) in [4.78, 5) is 0. The van der Waals surface area contributed by atoms with Gasteiger partial charge in [-0.05, 0) is 35.6 Å². The highest BCUT2D eigenvalue weighted by Gasteiger charge is 2.31. The molecule has 88 valence electrons. The van der Waals surface area contributed by atoms with Crippen molar-refractivity contribution in [2.24, 2.45) is 0 Å². The molecule has 0 N–H and O–H groups in total. The highest BCUT2D eigenvalue weighted by atomic mass is 19.4. The summed E-state index contributed by atoms with van der Waals surface area (Å²) < 4.78 is 37.6. The maximum Gasteiger partial charge on any atom is 0.416 e. The van der Waals surface area contributed by atoms with E-state index in [1.807, 2.05) is 13.8 Å². The van der Waals surface area contributed by atoms with Gasteiger partial charge in [-0.1, -0.05) is 26.0 Å². The van der Waals surface area contributed by atoms with Crippen molar-refractivity contribution in [2.75, 3.05) is 0 Å². The fourth-order valence-corrected chi connectivity index (χ4v) is 1.64. The van der Waals surface area contributed by atoms with Crippen molar-refractivity contribution in [1.29, 1.82) is 0 Å². The lowest BCUT2D eigenvalue weighted by atomic mass is 9.92. The lowest BCUT2D eigenvalue weighted by molar-refractivity contribution is -0.137. The van der Waals surface area contributed by atoms with Crippen molar-refractivity contribution >= 4 is 0 Å². The number of hydrogen-bond acceptors (Lipinski definition) is 0. The quantitative estimate of drug-likeness (QED) is 0.665. The molecule has 0 spiro atoms. The molecule has 1 atom stereocenters. The minimum absolute atomic E-state index is 0.0581. The third-order valence-corrected chi connectivity index (χ3v) is 2.70. The van der Waals surface area contributed by atoms with Crippen molar-refractivity contribution in [3.05, 3.63) is 47.5 Å². The average molecular weight is 228 g/mol. The van der Waals surface area contributed by atoms with Gasteiger partial charge in [-0.3, -0.25) is 0 Å². The summed E-state index contributed by atoms with van der Waals surface area (Å²) in [5.74, 6) is -0.0581. The second-order valence-corrected chi connectivity index (χ2v) is 3.79. The number of alkyl halides is 3. The zero-order chi connectivity index (χ0) is 12.3. The number of benzene rings is 1. The fraction of sp³-hybridized carbons (Fsp3) is 0.385. The van der Waals surface area contributed by atoms with Gasteiger partial charge in [-0.2, -0.15) is 13.2 Å². The van der Waals surface area contributed by atoms with Gasteiger partial charge >= 0.3 is 6.18 Å². The SMILES string of the molecule is C=CC(C)c1cc(C(F)(F)F)ccc1CC. The monoisotopic (exact) mass is 228 g/mol. The van der Waals surface area contributed by atoms with Crippen LogP contribution in [0.1, 0.15) is 36.5 Å². The lowest BCUT2D eigenvalue weighted by Gasteiger charge is -2.15. The van der Waals surface area contributed by atoms with Crippen LogP contribution in [0.15, 0.2) is 30.9 Å². The van der Waals surface area contributed by atoms with Gasteiger partial charge in [0.2, 0.25) is 0 Å². The maximum absolute atomic E-state index is 12.5. The Balaban J connectivity index is 3.26. The molecule has 0 heterocycles. The topological polar surface area (TPSA) is 0 Å². The first-order chi connectivity index (χ1) is 7.40. The minimum Gasteiger partial charge on any atom is -0.166 e. The second-order valence-electron chi connectivity index (χ2n) is 3.79. The Hall–Kier alpha value is -1.25. The van der Waals surface area contributed by atoms with Crippen LogP contribution >= 0.6 is 0 Å². The van der Waals surface area contributed by atoms with Crippen molar-refractivity contribution < 1.29 is 13.2 Å². The predicted molar refractivity (Wildman–Crippen MR) is 59.4 cm³/mol. The van der Waals surface area contributed by atoms with E-state index in [2.05, 4.69) is 6.58 Å². The van der Waals surface area contributed by atoms with E-state index >= 15 is 0 Å². The van der Waals surface area contributed by atoms with Gasteiger partial charge in [0.15, 0.2) is 0 Å². The van der Waals surface area contributed by atoms with E-state index in [0.717, 1.165) is 18.1 Å². The molecular weight excluding hydrogens is 213 g/mol. The van der Waals surface area contributed by atoms with Gasteiger partial charge in [0, 0.05) is 0 Å². The number of allylic oxidation sites excluding steroid dienone is 1. The molecule has 0 radical (unpaired) electrons. The molecule has 0 saturated carbocycles. The zero-order valence-corrected chi connectivity index (χ0v) is 9.43. The zero-order valence-electron chi connectivity index (χ0n) is 9.43. The molecule has 16 heavy (non-hydrogen) atoms. The Bertz CT molecular complexity index is 377. The molecule has 1 aromatic rings. The second kappa shape index (κ2) is 4.73. The van der Waals surface area contributed by atoms with Crippen molar-refractivity contribution in [2.45, 2.75) is 32.4 Å². The normalized spacial score (nSPS) is 13.6. The molecule has 0 aromatic heterocycles. The van der Waals surface area contributed by atoms with Crippen molar-refractivity contribution in [1.82, 2.24) is 0 Å². The highest BCUT2D eigenvalue weighted by molar-refractivity contribution is 5.37. The molecule has 0 amide bonds. The van der Waals surface area contributed by atoms with E-state index in [1.54, 1.807) is 12.1 Å². The van der Waals surface area contributed by atoms with E-state index < -0.39 is 11.7 Å². The maximum atomic E-state index is 12.5. The molecule has 1 unspecified atom stereocenters. The smallest absolute Gasteiger partial charge is 0.166 e. The van der Waals surface area contributed by atoms with Crippen LogP contribution in [-0.4, -0.2) is 0 Å². The summed E-state index contributed by atoms with van der Waals surface area (Å²) in [6, 6.07) is 3.92. The van der Waals surface area contributed by atoms with Crippen molar-refractivity contribution in [3.63, 3.8) is 0 Å². The van der Waals surface area contributed by atoms with Gasteiger partial charge in [-0.15, -0.1) is 6.58 Å². The van der Waals surface area contributed by atoms with Crippen LogP contribution in [0.2, 0.25) is 0 Å². The third kappa shape index (κ3) is 2.65. The summed E-state index contributed by atoms with van der Waals surface area (Å²) >= 11 is 0. The molecule has 0 fully saturated rings. The molecule has 0 bridgehead atoms. The molecule has 0 aliphatic heterocycles. The van der Waals surface area contributed by atoms with Crippen LogP contribution in [0.25, 0.3) is 0 Å². The summed E-state index contributed by atoms with van der Waals surface area (Å²) in [5, 5.41) is 0. The van der Waals surface area contributed by atoms with Gasteiger partial charge < -0.3 is 0 Å². The van der Waals surface area contributed by atoms with Crippen LogP contribution < -0.4 is 0 Å². The van der Waals surface area contributed by atoms with E-state index in [-0.39, 0.29) is 5.92 Å². The Kier molecular flexibility index (Phi) is 3.79. The van der Waals surface area contributed by atoms with Gasteiger partial charge in [0.05, 0.1) is 5.56 Å². The van der Waals surface area contributed by atoms with E-state index in [4.69, 9.17) is 0 Å². The standard InChI is InChI=1S/C13H15F3/c1-4-9(3)12-8-11(13(14,15)16)7-6-10(12)5-2/h4,6-9H,1,5H2,2-3H3. The molecule has 1 rings (SSSR count). The van der Waals surface area contributed by atoms with E-state index in [1.165, 1.54) is 6.07 Å². The van der Waals surface area contributed by atoms with Crippen molar-refractivity contribution in [3.8, 4) is 0 Å². The first-order valence-corrected chi connectivity index (χ1v) is 5.22. The molecule has 1 aromatic carbocycles. The molecule has 0 aliphatic carbocycles. The first-order valence-electron chi connectivity index (χ1n) is 5.22. The summed E-state index contributed by atoms with van der Waals surface area (Å²) in [5.41, 5.74) is 1.07. The Morgan fingerprint density at radius 2 is 2.00 bits per heavy atom. The van der Waals surface area contributed by atoms with Gasteiger partial charge in [0.1, 0.15) is 0 Å². The van der Waals surface area contributed by atoms with Gasteiger partial charge in [0.25, 0.3) is 0 Å². The van der Waals surface area contributed by atoms with E-state index in [0.29, 0.717) is 5.56 Å². The third-order valence-electron chi connectivity index (χ3n) is 2.70. The largest absolute Gasteiger partial charge is 0.416 e. The molecule has 0 saturated heterocycles. The summed E-state index contributed by atoms with van der Waals surface area (Å²) in [6.45, 7) is 7.40. The number of hydrogen-bond donors (Lipinski definition) is 0. The van der Waals surface area contributed by atoms with Gasteiger partial charge in [-0.25, -0.2) is 0 Å². The Morgan fingerprint density at radius 3 is 2.44 bits per heavy atom. The van der Waals surface area contributed by atoms with Crippen LogP contribution in [0.5, 0.6) is 0 Å². The van der Waals surface area contributed by atoms with Crippen LogP contribution in [0.4, 0.5) is 13.2 Å². The number of halogens is 3. The summed E-state index contributed by atoms with van der Waals surface area (Å²) in [7, 11) is 0. The molecular formula is C13H15F3. The average Bonchev–Trinajstić information content (AvgIpc) is 2.25. The first kappa shape index (κ1) is 12.8. The van der Waals surface area contributed by atoms with E-state index in [9.17, 15) is 13.2 Å². The lowest BCUT2D eigenvalue weighted by Crippen LogP contribution is -2.07. The molecule has 3 heteroatoms. The Morgan fingerprint density at radius 1 is 1.38 bits per heavy atom. The molecule has 0 aliphatic rings. The minimum atomic E-state index is -4.28. The predicted octanol–water partition coefficient (Wildman–Crippen LogP) is 4.56. The fourth-order valence-electron chi connectivity index (χ4n) is 1.64. The summed E-state index contributed by atoms with van der Waals surface area (Å²) in [6.07, 6.45) is -1.89. The van der Waals surface area contributed by atoms with Crippen LogP contribution in [-0.2, 0) is 12.6 Å². The Labute approximate surface area is 93.8 Å². The van der Waals surface area contributed by atoms with Crippen LogP contribution in [0, 0.1) is 0 Å². The van der Waals surface area contributed by atoms with Crippen LogP contribution in [0.3, 0.4) is 0 Å². The molecule has 0 nitrogen and oxygen atoms in total. The highest BCUT2D eigenvalue weighted by Crippen LogP contribution is 2.33. The number of aryl methyl sites for hydroxylation is 1. The number of rotatable bonds is 3.